The molecule has 4 heterocycles. The Kier molecular flexibility index (Phi) is 10.7. The SMILES string of the molecule is O=C(CCCC[C@@H]1SC[C@@H]2NC(=O)N[C@@H]21)NCCN(Cc1ccccn1)Cc1ccccn1.[Fe]. The van der Waals surface area contributed by atoms with E-state index in [2.05, 4.69) is 30.8 Å². The maximum Gasteiger partial charge on any atom is 0.315 e. The second kappa shape index (κ2) is 13.7. The molecule has 2 aromatic rings. The van der Waals surface area contributed by atoms with Crippen molar-refractivity contribution in [1.29, 1.82) is 0 Å². The minimum Gasteiger partial charge on any atom is -0.355 e. The molecule has 0 radical (unpaired) electrons. The summed E-state index contributed by atoms with van der Waals surface area (Å²) >= 11 is 1.92. The van der Waals surface area contributed by atoms with Crippen molar-refractivity contribution in [3.05, 3.63) is 60.2 Å². The van der Waals surface area contributed by atoms with Gasteiger partial charge in [0, 0.05) is 73.1 Å². The first kappa shape index (κ1) is 26.5. The van der Waals surface area contributed by atoms with E-state index in [1.807, 2.05) is 48.2 Å². The molecular formula is C24H32FeN6O2S. The largest absolute Gasteiger partial charge is 0.355 e. The van der Waals surface area contributed by atoms with E-state index in [4.69, 9.17) is 0 Å². The van der Waals surface area contributed by atoms with E-state index in [0.29, 0.717) is 31.3 Å². The monoisotopic (exact) mass is 524 g/mol. The van der Waals surface area contributed by atoms with Crippen LogP contribution in [0.2, 0.25) is 0 Å². The molecule has 3 N–H and O–H groups in total. The number of amides is 3. The molecule has 2 fully saturated rings. The summed E-state index contributed by atoms with van der Waals surface area (Å²) in [5.74, 6) is 1.07. The summed E-state index contributed by atoms with van der Waals surface area (Å²) in [6.45, 7) is 2.74. The summed E-state index contributed by atoms with van der Waals surface area (Å²) in [7, 11) is 0. The molecule has 10 heteroatoms. The van der Waals surface area contributed by atoms with E-state index in [1.54, 1.807) is 12.4 Å². The molecule has 184 valence electrons. The van der Waals surface area contributed by atoms with Gasteiger partial charge in [0.15, 0.2) is 0 Å². The number of carbonyl (C=O) groups excluding carboxylic acids is 2. The predicted molar refractivity (Wildman–Crippen MR) is 130 cm³/mol. The fraction of sp³-hybridized carbons (Fsp3) is 0.500. The van der Waals surface area contributed by atoms with Crippen LogP contribution in [0.5, 0.6) is 0 Å². The zero-order valence-corrected chi connectivity index (χ0v) is 21.1. The van der Waals surface area contributed by atoms with Crippen LogP contribution in [0.25, 0.3) is 0 Å². The Labute approximate surface area is 215 Å². The quantitative estimate of drug-likeness (QED) is 0.224. The van der Waals surface area contributed by atoms with Crippen molar-refractivity contribution in [1.82, 2.24) is 30.8 Å². The van der Waals surface area contributed by atoms with Gasteiger partial charge >= 0.3 is 6.03 Å². The molecule has 4 rings (SSSR count). The van der Waals surface area contributed by atoms with Crippen LogP contribution in [0.4, 0.5) is 4.79 Å². The fourth-order valence-electron chi connectivity index (χ4n) is 4.37. The Morgan fingerprint density at radius 2 is 1.76 bits per heavy atom. The molecule has 0 bridgehead atoms. The molecule has 0 aromatic carbocycles. The molecule has 0 saturated carbocycles. The summed E-state index contributed by atoms with van der Waals surface area (Å²) < 4.78 is 0. The predicted octanol–water partition coefficient (Wildman–Crippen LogP) is 2.32. The molecule has 2 aromatic heterocycles. The second-order valence-electron chi connectivity index (χ2n) is 8.57. The van der Waals surface area contributed by atoms with Crippen molar-refractivity contribution in [3.8, 4) is 0 Å². The van der Waals surface area contributed by atoms with Gasteiger partial charge in [0.1, 0.15) is 0 Å². The van der Waals surface area contributed by atoms with Gasteiger partial charge in [-0.15, -0.1) is 0 Å². The minimum atomic E-state index is -0.0465. The molecule has 2 aliphatic heterocycles. The summed E-state index contributed by atoms with van der Waals surface area (Å²) in [6, 6.07) is 12.3. The third-order valence-corrected chi connectivity index (χ3v) is 7.56. The number of hydrogen-bond acceptors (Lipinski definition) is 6. The van der Waals surface area contributed by atoms with Crippen LogP contribution in [-0.4, -0.2) is 63.0 Å². The van der Waals surface area contributed by atoms with Gasteiger partial charge in [-0.25, -0.2) is 4.79 Å². The van der Waals surface area contributed by atoms with Gasteiger partial charge in [-0.05, 0) is 37.1 Å². The van der Waals surface area contributed by atoms with E-state index in [0.717, 1.165) is 42.9 Å². The molecule has 0 unspecified atom stereocenters. The van der Waals surface area contributed by atoms with Gasteiger partial charge in [0.25, 0.3) is 0 Å². The molecular weight excluding hydrogens is 492 g/mol. The van der Waals surface area contributed by atoms with Crippen molar-refractivity contribution < 1.29 is 26.7 Å². The van der Waals surface area contributed by atoms with Crippen molar-refractivity contribution in [2.45, 2.75) is 56.1 Å². The maximum absolute atomic E-state index is 12.3. The van der Waals surface area contributed by atoms with Crippen LogP contribution < -0.4 is 16.0 Å². The van der Waals surface area contributed by atoms with Gasteiger partial charge in [-0.1, -0.05) is 18.6 Å². The summed E-state index contributed by atoms with van der Waals surface area (Å²) in [4.78, 5) is 34.9. The first-order chi connectivity index (χ1) is 16.2. The number of unbranched alkanes of at least 4 members (excludes halogenated alkanes) is 1. The van der Waals surface area contributed by atoms with Crippen LogP contribution in [0.15, 0.2) is 48.8 Å². The van der Waals surface area contributed by atoms with E-state index >= 15 is 0 Å². The smallest absolute Gasteiger partial charge is 0.315 e. The summed E-state index contributed by atoms with van der Waals surface area (Å²) in [5.41, 5.74) is 2.00. The Balaban J connectivity index is 0.00000324. The fourth-order valence-corrected chi connectivity index (χ4v) is 5.92. The zero-order valence-electron chi connectivity index (χ0n) is 19.1. The first-order valence-electron chi connectivity index (χ1n) is 11.6. The number of nitrogens with one attached hydrogen (secondary N) is 3. The summed E-state index contributed by atoms with van der Waals surface area (Å²) in [5, 5.41) is 9.51. The minimum absolute atomic E-state index is 0. The third-order valence-electron chi connectivity index (χ3n) is 6.05. The third kappa shape index (κ3) is 7.98. The van der Waals surface area contributed by atoms with Crippen molar-refractivity contribution in [3.63, 3.8) is 0 Å². The van der Waals surface area contributed by atoms with E-state index in [9.17, 15) is 9.59 Å². The van der Waals surface area contributed by atoms with Crippen molar-refractivity contribution in [2.75, 3.05) is 18.8 Å². The number of fused-ring (bicyclic) bond motifs is 1. The molecule has 34 heavy (non-hydrogen) atoms. The molecule has 3 amide bonds. The van der Waals surface area contributed by atoms with Gasteiger partial charge in [-0.3, -0.25) is 19.7 Å². The van der Waals surface area contributed by atoms with Crippen LogP contribution in [0, 0.1) is 0 Å². The number of urea groups is 1. The first-order valence-corrected chi connectivity index (χ1v) is 12.7. The Hall–Kier alpha value is -2.13. The molecule has 3 atom stereocenters. The average Bonchev–Trinajstić information content (AvgIpc) is 3.37. The van der Waals surface area contributed by atoms with Crippen LogP contribution in [0.3, 0.4) is 0 Å². The average molecular weight is 524 g/mol. The number of carbonyl (C=O) groups is 2. The Morgan fingerprint density at radius 3 is 2.41 bits per heavy atom. The van der Waals surface area contributed by atoms with Crippen molar-refractivity contribution >= 4 is 23.7 Å². The number of pyridine rings is 2. The zero-order chi connectivity index (χ0) is 22.9. The Bertz CT molecular complexity index is 865. The molecule has 2 saturated heterocycles. The van der Waals surface area contributed by atoms with E-state index in [-0.39, 0.29) is 41.1 Å². The molecule has 0 aliphatic carbocycles. The molecule has 0 spiro atoms. The van der Waals surface area contributed by atoms with E-state index in [1.165, 1.54) is 0 Å². The summed E-state index contributed by atoms with van der Waals surface area (Å²) in [6.07, 6.45) is 7.04. The molecule has 2 aliphatic rings. The second-order valence-corrected chi connectivity index (χ2v) is 9.84. The maximum atomic E-state index is 12.3. The Morgan fingerprint density at radius 1 is 1.06 bits per heavy atom. The van der Waals surface area contributed by atoms with Gasteiger partial charge < -0.3 is 16.0 Å². The molecule has 8 nitrogen and oxygen atoms in total. The number of aromatic nitrogens is 2. The number of rotatable bonds is 12. The number of hydrogen-bond donors (Lipinski definition) is 3. The number of nitrogens with zero attached hydrogens (tertiary/aromatic N) is 3. The van der Waals surface area contributed by atoms with Gasteiger partial charge in [0.2, 0.25) is 5.91 Å². The number of thioether (sulfide) groups is 1. The van der Waals surface area contributed by atoms with Crippen LogP contribution in [-0.2, 0) is 35.0 Å². The van der Waals surface area contributed by atoms with Gasteiger partial charge in [0.05, 0.1) is 23.5 Å². The topological polar surface area (TPSA) is 99.2 Å². The van der Waals surface area contributed by atoms with Crippen molar-refractivity contribution in [2.24, 2.45) is 0 Å². The van der Waals surface area contributed by atoms with E-state index < -0.39 is 0 Å². The van der Waals surface area contributed by atoms with Crippen LogP contribution in [0.1, 0.15) is 37.1 Å². The van der Waals surface area contributed by atoms with Crippen LogP contribution >= 0.6 is 11.8 Å². The standard InChI is InChI=1S/C24H32N6O2S.Fe/c31-22(10-2-1-9-21-23-20(17-33-21)28-24(32)29-23)27-13-14-30(15-18-7-3-5-11-25-18)16-19-8-4-6-12-26-19;/h3-8,11-12,20-21,23H,1-2,9-10,13-17H2,(H,27,31)(H2,28,29,32);/t20-,21-,23-;/m0./s1. The normalized spacial score (nSPS) is 20.9. The van der Waals surface area contributed by atoms with Gasteiger partial charge in [-0.2, -0.15) is 11.8 Å².